The van der Waals surface area contributed by atoms with Gasteiger partial charge in [0.2, 0.25) is 7.85 Å². The van der Waals surface area contributed by atoms with Gasteiger partial charge in [-0.15, -0.1) is 0 Å². The van der Waals surface area contributed by atoms with Gasteiger partial charge in [-0.05, 0) is 51.9 Å². The zero-order valence-corrected chi connectivity index (χ0v) is 15.0. The SMILES string of the molecule is [B]C(=O)N1C(CC)C(CC2C(C)C(=C)CC2C(C)=O)OC1(C)C. The van der Waals surface area contributed by atoms with E-state index in [2.05, 4.69) is 13.5 Å². The van der Waals surface area contributed by atoms with E-state index in [0.717, 1.165) is 24.8 Å². The molecule has 0 N–H and O–H groups in total. The average molecular weight is 317 g/mol. The molecule has 0 aromatic carbocycles. The molecule has 5 unspecified atom stereocenters. The van der Waals surface area contributed by atoms with Gasteiger partial charge in [0.05, 0.1) is 12.1 Å². The van der Waals surface area contributed by atoms with E-state index in [0.29, 0.717) is 5.92 Å². The minimum atomic E-state index is -0.707. The highest BCUT2D eigenvalue weighted by Crippen LogP contribution is 2.46. The third kappa shape index (κ3) is 3.26. The Morgan fingerprint density at radius 1 is 1.43 bits per heavy atom. The summed E-state index contributed by atoms with van der Waals surface area (Å²) in [5.41, 5.74) is 0.439. The number of allylic oxidation sites excluding steroid dienone is 1. The van der Waals surface area contributed by atoms with Gasteiger partial charge in [0.1, 0.15) is 11.5 Å². The van der Waals surface area contributed by atoms with Crippen LogP contribution in [-0.4, -0.2) is 42.2 Å². The number of hydrogen-bond donors (Lipinski definition) is 0. The lowest BCUT2D eigenvalue weighted by Gasteiger charge is -2.33. The Labute approximate surface area is 141 Å². The zero-order valence-electron chi connectivity index (χ0n) is 15.0. The van der Waals surface area contributed by atoms with Crippen LogP contribution in [0.1, 0.15) is 53.9 Å². The Balaban J connectivity index is 2.23. The second-order valence-corrected chi connectivity index (χ2v) is 7.55. The first-order valence-corrected chi connectivity index (χ1v) is 8.54. The van der Waals surface area contributed by atoms with Gasteiger partial charge in [-0.3, -0.25) is 9.59 Å². The van der Waals surface area contributed by atoms with Crippen LogP contribution in [0.3, 0.4) is 0 Å². The molecule has 126 valence electrons. The average Bonchev–Trinajstić information content (AvgIpc) is 2.86. The van der Waals surface area contributed by atoms with Gasteiger partial charge in [0, 0.05) is 5.92 Å². The lowest BCUT2D eigenvalue weighted by Crippen LogP contribution is -2.47. The molecule has 23 heavy (non-hydrogen) atoms. The van der Waals surface area contributed by atoms with Crippen LogP contribution >= 0.6 is 0 Å². The highest BCUT2D eigenvalue weighted by Gasteiger charge is 2.50. The van der Waals surface area contributed by atoms with Crippen LogP contribution in [0.15, 0.2) is 12.2 Å². The lowest BCUT2D eigenvalue weighted by molar-refractivity contribution is -0.122. The minimum Gasteiger partial charge on any atom is -0.351 e. The van der Waals surface area contributed by atoms with E-state index in [4.69, 9.17) is 12.6 Å². The smallest absolute Gasteiger partial charge is 0.200 e. The normalized spacial score (nSPS) is 36.5. The van der Waals surface area contributed by atoms with Crippen LogP contribution in [0.2, 0.25) is 0 Å². The quantitative estimate of drug-likeness (QED) is 0.590. The highest BCUT2D eigenvalue weighted by molar-refractivity contribution is 6.57. The molecule has 2 aliphatic rings. The Morgan fingerprint density at radius 2 is 2.04 bits per heavy atom. The van der Waals surface area contributed by atoms with Crippen molar-refractivity contribution >= 4 is 19.4 Å². The maximum absolute atomic E-state index is 12.0. The second kappa shape index (κ2) is 6.42. The van der Waals surface area contributed by atoms with Crippen molar-refractivity contribution in [3.05, 3.63) is 12.2 Å². The van der Waals surface area contributed by atoms with E-state index >= 15 is 0 Å². The molecule has 2 radical (unpaired) electrons. The number of carbonyl (C=O) groups is 2. The van der Waals surface area contributed by atoms with Crippen LogP contribution in [0.5, 0.6) is 0 Å². The molecule has 2 fully saturated rings. The number of Topliss-reactive ketones (excluding diaryl/α,β-unsaturated/α-hetero) is 1. The highest BCUT2D eigenvalue weighted by atomic mass is 16.5. The molecule has 1 saturated carbocycles. The van der Waals surface area contributed by atoms with Crippen molar-refractivity contribution in [2.24, 2.45) is 17.8 Å². The van der Waals surface area contributed by atoms with Crippen molar-refractivity contribution in [2.45, 2.75) is 71.8 Å². The molecule has 2 rings (SSSR count). The van der Waals surface area contributed by atoms with Crippen molar-refractivity contribution in [1.82, 2.24) is 4.90 Å². The molecule has 1 aliphatic heterocycles. The minimum absolute atomic E-state index is 0.0179. The molecule has 0 aromatic rings. The fourth-order valence-electron chi connectivity index (χ4n) is 4.50. The fraction of sp³-hybridized carbons (Fsp3) is 0.778. The topological polar surface area (TPSA) is 46.6 Å². The summed E-state index contributed by atoms with van der Waals surface area (Å²) in [7, 11) is 5.57. The predicted molar refractivity (Wildman–Crippen MR) is 91.2 cm³/mol. The van der Waals surface area contributed by atoms with Crippen molar-refractivity contribution < 1.29 is 14.3 Å². The van der Waals surface area contributed by atoms with Gasteiger partial charge >= 0.3 is 0 Å². The fourth-order valence-corrected chi connectivity index (χ4v) is 4.50. The summed E-state index contributed by atoms with van der Waals surface area (Å²) in [5, 5.41) is 0. The summed E-state index contributed by atoms with van der Waals surface area (Å²) in [6.45, 7) is 13.7. The van der Waals surface area contributed by atoms with Gasteiger partial charge in [0.25, 0.3) is 0 Å². The first-order valence-electron chi connectivity index (χ1n) is 8.54. The number of carbonyl (C=O) groups excluding carboxylic acids is 2. The molecule has 0 spiro atoms. The third-order valence-electron chi connectivity index (χ3n) is 5.75. The molecule has 5 atom stereocenters. The summed E-state index contributed by atoms with van der Waals surface area (Å²) in [4.78, 5) is 25.5. The van der Waals surface area contributed by atoms with Gasteiger partial charge < -0.3 is 9.64 Å². The number of hydrogen-bond acceptors (Lipinski definition) is 3. The number of amides is 1. The molecular formula is C18H28BNO3. The Bertz CT molecular complexity index is 516. The van der Waals surface area contributed by atoms with Crippen LogP contribution in [-0.2, 0) is 9.53 Å². The van der Waals surface area contributed by atoms with Gasteiger partial charge in [-0.25, -0.2) is 0 Å². The molecule has 1 heterocycles. The number of ether oxygens (including phenoxy) is 1. The van der Waals surface area contributed by atoms with Gasteiger partial charge in [-0.2, -0.15) is 0 Å². The van der Waals surface area contributed by atoms with E-state index in [-0.39, 0.29) is 29.8 Å². The van der Waals surface area contributed by atoms with Crippen molar-refractivity contribution in [3.8, 4) is 0 Å². The molecule has 0 aromatic heterocycles. The van der Waals surface area contributed by atoms with Gasteiger partial charge in [0.15, 0.2) is 5.81 Å². The van der Waals surface area contributed by atoms with Crippen LogP contribution in [0.25, 0.3) is 0 Å². The van der Waals surface area contributed by atoms with Gasteiger partial charge in [-0.1, -0.05) is 26.0 Å². The second-order valence-electron chi connectivity index (χ2n) is 7.55. The maximum Gasteiger partial charge on any atom is 0.200 e. The zero-order chi connectivity index (χ0) is 17.5. The summed E-state index contributed by atoms with van der Waals surface area (Å²) in [6, 6.07) is -0.0452. The molecule has 5 heteroatoms. The summed E-state index contributed by atoms with van der Waals surface area (Å²) in [5.74, 6) is 0.316. The van der Waals surface area contributed by atoms with Crippen LogP contribution in [0.4, 0.5) is 4.79 Å². The predicted octanol–water partition coefficient (Wildman–Crippen LogP) is 3.30. The summed E-state index contributed by atoms with van der Waals surface area (Å²) < 4.78 is 6.18. The Hall–Kier alpha value is -1.10. The molecule has 1 amide bonds. The largest absolute Gasteiger partial charge is 0.351 e. The monoisotopic (exact) mass is 317 g/mol. The molecule has 1 saturated heterocycles. The number of rotatable bonds is 4. The lowest BCUT2D eigenvalue weighted by atomic mass is 9.81. The van der Waals surface area contributed by atoms with E-state index in [1.165, 1.54) is 0 Å². The molecular weight excluding hydrogens is 289 g/mol. The van der Waals surface area contributed by atoms with E-state index in [1.807, 2.05) is 20.8 Å². The summed E-state index contributed by atoms with van der Waals surface area (Å²) in [6.07, 6.45) is 2.22. The first kappa shape index (κ1) is 18.2. The summed E-state index contributed by atoms with van der Waals surface area (Å²) >= 11 is 0. The molecule has 1 aliphatic carbocycles. The number of nitrogens with zero attached hydrogens (tertiary/aromatic N) is 1. The third-order valence-corrected chi connectivity index (χ3v) is 5.75. The molecule has 4 nitrogen and oxygen atoms in total. The van der Waals surface area contributed by atoms with Crippen LogP contribution in [0, 0.1) is 17.8 Å². The van der Waals surface area contributed by atoms with E-state index in [9.17, 15) is 9.59 Å². The Kier molecular flexibility index (Phi) is 5.10. The standard InChI is InChI=1S/C18H28BNO3/c1-7-15-16(23-18(5,6)20(15)17(19)22)9-13-11(3)10(2)8-14(13)12(4)21/h11,13-16H,2,7-9H2,1,3-6H3. The van der Waals surface area contributed by atoms with Crippen LogP contribution < -0.4 is 0 Å². The molecule has 0 bridgehead atoms. The van der Waals surface area contributed by atoms with Crippen molar-refractivity contribution in [3.63, 3.8) is 0 Å². The van der Waals surface area contributed by atoms with Crippen molar-refractivity contribution in [2.75, 3.05) is 0 Å². The number of ketones is 1. The first-order chi connectivity index (χ1) is 10.6. The maximum atomic E-state index is 12.0. The van der Waals surface area contributed by atoms with E-state index in [1.54, 1.807) is 11.8 Å². The Morgan fingerprint density at radius 3 is 2.52 bits per heavy atom. The van der Waals surface area contributed by atoms with Crippen molar-refractivity contribution in [1.29, 1.82) is 0 Å². The van der Waals surface area contributed by atoms with E-state index < -0.39 is 11.5 Å².